The Labute approximate surface area is 94.5 Å². The molecule has 0 aromatic rings. The average Bonchev–Trinajstić information content (AvgIpc) is 2.67. The Balaban J connectivity index is 2.51. The van der Waals surface area contributed by atoms with E-state index in [1.807, 2.05) is 6.08 Å². The van der Waals surface area contributed by atoms with Crippen molar-refractivity contribution in [1.29, 1.82) is 0 Å². The quantitative estimate of drug-likeness (QED) is 0.539. The lowest BCUT2D eigenvalue weighted by molar-refractivity contribution is 0.118. The summed E-state index contributed by atoms with van der Waals surface area (Å²) in [6, 6.07) is 0.329. The lowest BCUT2D eigenvalue weighted by Gasteiger charge is -2.41. The first-order valence-corrected chi connectivity index (χ1v) is 6.17. The van der Waals surface area contributed by atoms with Crippen LogP contribution in [-0.4, -0.2) is 30.6 Å². The van der Waals surface area contributed by atoms with E-state index in [-0.39, 0.29) is 5.54 Å². The second-order valence-electron chi connectivity index (χ2n) is 5.03. The molecule has 0 spiro atoms. The standard InChI is InChI=1S/C13H26N2/c1-4-5-6-9-12(14)13(15(2)3)10-7-8-11-13/h4,12H,1,5-11,14H2,2-3H3. The van der Waals surface area contributed by atoms with Crippen molar-refractivity contribution in [3.05, 3.63) is 12.7 Å². The van der Waals surface area contributed by atoms with Gasteiger partial charge in [0, 0.05) is 11.6 Å². The Kier molecular flexibility index (Phi) is 4.81. The van der Waals surface area contributed by atoms with Crippen LogP contribution in [0.5, 0.6) is 0 Å². The van der Waals surface area contributed by atoms with E-state index in [9.17, 15) is 0 Å². The highest BCUT2D eigenvalue weighted by Crippen LogP contribution is 2.37. The topological polar surface area (TPSA) is 29.3 Å². The van der Waals surface area contributed by atoms with Crippen molar-refractivity contribution in [2.24, 2.45) is 5.73 Å². The van der Waals surface area contributed by atoms with Gasteiger partial charge in [0.25, 0.3) is 0 Å². The predicted octanol–water partition coefficient (Wildman–Crippen LogP) is 2.54. The normalized spacial score (nSPS) is 21.9. The third kappa shape index (κ3) is 2.82. The van der Waals surface area contributed by atoms with E-state index in [0.717, 1.165) is 12.8 Å². The molecule has 2 N–H and O–H groups in total. The first kappa shape index (κ1) is 12.7. The molecule has 1 aliphatic rings. The van der Waals surface area contributed by atoms with Gasteiger partial charge >= 0.3 is 0 Å². The molecule has 0 amide bonds. The summed E-state index contributed by atoms with van der Waals surface area (Å²) in [5, 5.41) is 0. The molecule has 0 heterocycles. The monoisotopic (exact) mass is 210 g/mol. The molecule has 88 valence electrons. The summed E-state index contributed by atoms with van der Waals surface area (Å²) in [6.07, 6.45) is 10.6. The van der Waals surface area contributed by atoms with Crippen LogP contribution >= 0.6 is 0 Å². The molecule has 0 aliphatic heterocycles. The summed E-state index contributed by atoms with van der Waals surface area (Å²) in [5.74, 6) is 0. The molecule has 1 rings (SSSR count). The van der Waals surface area contributed by atoms with Crippen molar-refractivity contribution in [1.82, 2.24) is 4.90 Å². The van der Waals surface area contributed by atoms with Gasteiger partial charge in [0.2, 0.25) is 0 Å². The van der Waals surface area contributed by atoms with Crippen LogP contribution in [0.3, 0.4) is 0 Å². The number of allylic oxidation sites excluding steroid dienone is 1. The number of hydrogen-bond donors (Lipinski definition) is 1. The molecule has 1 unspecified atom stereocenters. The first-order valence-electron chi connectivity index (χ1n) is 6.17. The van der Waals surface area contributed by atoms with Crippen molar-refractivity contribution in [3.63, 3.8) is 0 Å². The van der Waals surface area contributed by atoms with E-state index in [1.54, 1.807) is 0 Å². The zero-order chi connectivity index (χ0) is 11.3. The molecular formula is C13H26N2. The van der Waals surface area contributed by atoms with Gasteiger partial charge in [-0.25, -0.2) is 0 Å². The molecule has 0 saturated heterocycles. The van der Waals surface area contributed by atoms with Crippen LogP contribution in [0.1, 0.15) is 44.9 Å². The third-order valence-electron chi connectivity index (χ3n) is 3.97. The molecule has 1 atom stereocenters. The zero-order valence-electron chi connectivity index (χ0n) is 10.3. The van der Waals surface area contributed by atoms with Crippen LogP contribution in [0.15, 0.2) is 12.7 Å². The van der Waals surface area contributed by atoms with Gasteiger partial charge in [-0.1, -0.05) is 18.9 Å². The van der Waals surface area contributed by atoms with E-state index < -0.39 is 0 Å². The van der Waals surface area contributed by atoms with E-state index >= 15 is 0 Å². The predicted molar refractivity (Wildman–Crippen MR) is 66.9 cm³/mol. The van der Waals surface area contributed by atoms with Gasteiger partial charge in [-0.3, -0.25) is 0 Å². The molecule has 0 bridgehead atoms. The summed E-state index contributed by atoms with van der Waals surface area (Å²) >= 11 is 0. The maximum absolute atomic E-state index is 6.38. The molecule has 2 nitrogen and oxygen atoms in total. The maximum Gasteiger partial charge on any atom is 0.0354 e. The second kappa shape index (κ2) is 5.66. The minimum Gasteiger partial charge on any atom is -0.326 e. The highest BCUT2D eigenvalue weighted by Gasteiger charge is 2.40. The van der Waals surface area contributed by atoms with Crippen molar-refractivity contribution in [2.75, 3.05) is 14.1 Å². The lowest BCUT2D eigenvalue weighted by Crippen LogP contribution is -2.55. The van der Waals surface area contributed by atoms with E-state index in [0.29, 0.717) is 6.04 Å². The molecular weight excluding hydrogens is 184 g/mol. The number of nitrogens with zero attached hydrogens (tertiary/aromatic N) is 1. The summed E-state index contributed by atoms with van der Waals surface area (Å²) in [7, 11) is 4.36. The Bertz CT molecular complexity index is 193. The highest BCUT2D eigenvalue weighted by molar-refractivity contribution is 5.00. The first-order chi connectivity index (χ1) is 7.13. The smallest absolute Gasteiger partial charge is 0.0354 e. The van der Waals surface area contributed by atoms with Crippen molar-refractivity contribution in [2.45, 2.75) is 56.5 Å². The van der Waals surface area contributed by atoms with Gasteiger partial charge in [-0.15, -0.1) is 6.58 Å². The number of nitrogens with two attached hydrogens (primary N) is 1. The molecule has 2 heteroatoms. The number of unbranched alkanes of at least 4 members (excludes halogenated alkanes) is 1. The molecule has 1 fully saturated rings. The van der Waals surface area contributed by atoms with Gasteiger partial charge in [0.1, 0.15) is 0 Å². The Morgan fingerprint density at radius 3 is 2.47 bits per heavy atom. The lowest BCUT2D eigenvalue weighted by atomic mass is 9.84. The summed E-state index contributed by atoms with van der Waals surface area (Å²) in [5.41, 5.74) is 6.66. The Morgan fingerprint density at radius 1 is 1.40 bits per heavy atom. The summed E-state index contributed by atoms with van der Waals surface area (Å²) < 4.78 is 0. The fourth-order valence-corrected chi connectivity index (χ4v) is 2.89. The van der Waals surface area contributed by atoms with Gasteiger partial charge < -0.3 is 10.6 Å². The van der Waals surface area contributed by atoms with Crippen LogP contribution in [0, 0.1) is 0 Å². The third-order valence-corrected chi connectivity index (χ3v) is 3.97. The van der Waals surface area contributed by atoms with E-state index in [1.165, 1.54) is 32.1 Å². The van der Waals surface area contributed by atoms with Crippen LogP contribution in [-0.2, 0) is 0 Å². The average molecular weight is 210 g/mol. The largest absolute Gasteiger partial charge is 0.326 e. The number of likely N-dealkylation sites (N-methyl/N-ethyl adjacent to an activating group) is 1. The van der Waals surface area contributed by atoms with Crippen LogP contribution in [0.4, 0.5) is 0 Å². The second-order valence-corrected chi connectivity index (χ2v) is 5.03. The molecule has 0 aromatic heterocycles. The minimum atomic E-state index is 0.279. The highest BCUT2D eigenvalue weighted by atomic mass is 15.2. The van der Waals surface area contributed by atoms with E-state index in [2.05, 4.69) is 25.6 Å². The van der Waals surface area contributed by atoms with Gasteiger partial charge in [0.05, 0.1) is 0 Å². The maximum atomic E-state index is 6.38. The fourth-order valence-electron chi connectivity index (χ4n) is 2.89. The molecule has 1 saturated carbocycles. The minimum absolute atomic E-state index is 0.279. The summed E-state index contributed by atoms with van der Waals surface area (Å²) in [4.78, 5) is 2.36. The van der Waals surface area contributed by atoms with Crippen molar-refractivity contribution in [3.8, 4) is 0 Å². The van der Waals surface area contributed by atoms with Gasteiger partial charge in [-0.2, -0.15) is 0 Å². The van der Waals surface area contributed by atoms with Crippen LogP contribution in [0.2, 0.25) is 0 Å². The van der Waals surface area contributed by atoms with E-state index in [4.69, 9.17) is 5.73 Å². The Hall–Kier alpha value is -0.340. The Morgan fingerprint density at radius 2 is 2.00 bits per heavy atom. The number of hydrogen-bond acceptors (Lipinski definition) is 2. The molecule has 1 aliphatic carbocycles. The SMILES string of the molecule is C=CCCCC(N)C1(N(C)C)CCCC1. The van der Waals surface area contributed by atoms with Gasteiger partial charge in [0.15, 0.2) is 0 Å². The molecule has 15 heavy (non-hydrogen) atoms. The molecule has 0 radical (unpaired) electrons. The molecule has 0 aromatic carbocycles. The zero-order valence-corrected chi connectivity index (χ0v) is 10.3. The van der Waals surface area contributed by atoms with Crippen molar-refractivity contribution >= 4 is 0 Å². The van der Waals surface area contributed by atoms with Crippen LogP contribution in [0.25, 0.3) is 0 Å². The van der Waals surface area contributed by atoms with Gasteiger partial charge in [-0.05, 0) is 46.2 Å². The van der Waals surface area contributed by atoms with Crippen LogP contribution < -0.4 is 5.73 Å². The van der Waals surface area contributed by atoms with Crippen molar-refractivity contribution < 1.29 is 0 Å². The number of rotatable bonds is 6. The summed E-state index contributed by atoms with van der Waals surface area (Å²) in [6.45, 7) is 3.76. The fraction of sp³-hybridized carbons (Fsp3) is 0.846.